The molecule has 1 unspecified atom stereocenters. The van der Waals surface area contributed by atoms with Gasteiger partial charge in [-0.15, -0.1) is 24.5 Å². The molecule has 0 saturated carbocycles. The first-order chi connectivity index (χ1) is 9.26. The lowest BCUT2D eigenvalue weighted by Gasteiger charge is -2.12. The van der Waals surface area contributed by atoms with Crippen LogP contribution < -0.4 is 4.74 Å². The predicted octanol–water partition coefficient (Wildman–Crippen LogP) is 4.80. The van der Waals surface area contributed by atoms with Crippen LogP contribution in [-0.2, 0) is 0 Å². The molecule has 0 aliphatic carbocycles. The van der Waals surface area contributed by atoms with Crippen molar-refractivity contribution in [1.82, 2.24) is 0 Å². The molecular formula is C13H10BrF3O2S. The van der Waals surface area contributed by atoms with Gasteiger partial charge in [-0.2, -0.15) is 0 Å². The third-order valence-electron chi connectivity index (χ3n) is 2.51. The van der Waals surface area contributed by atoms with Gasteiger partial charge in [-0.1, -0.05) is 12.1 Å². The average molecular weight is 367 g/mol. The summed E-state index contributed by atoms with van der Waals surface area (Å²) in [5.41, 5.74) is 0.502. The van der Waals surface area contributed by atoms with Gasteiger partial charge in [-0.25, -0.2) is 0 Å². The Kier molecular flexibility index (Phi) is 4.41. The van der Waals surface area contributed by atoms with Crippen molar-refractivity contribution in [2.24, 2.45) is 0 Å². The summed E-state index contributed by atoms with van der Waals surface area (Å²) in [7, 11) is 0. The van der Waals surface area contributed by atoms with Crippen molar-refractivity contribution >= 4 is 27.3 Å². The van der Waals surface area contributed by atoms with Crippen molar-refractivity contribution < 1.29 is 23.0 Å². The van der Waals surface area contributed by atoms with Gasteiger partial charge in [0.05, 0.1) is 4.88 Å². The van der Waals surface area contributed by atoms with Crippen molar-refractivity contribution in [2.45, 2.75) is 19.4 Å². The maximum atomic E-state index is 12.0. The number of hydrogen-bond acceptors (Lipinski definition) is 3. The first-order valence-corrected chi connectivity index (χ1v) is 7.17. The van der Waals surface area contributed by atoms with E-state index in [-0.39, 0.29) is 5.75 Å². The topological polar surface area (TPSA) is 29.5 Å². The van der Waals surface area contributed by atoms with E-state index in [0.717, 1.165) is 9.35 Å². The number of rotatable bonds is 3. The molecule has 0 fully saturated rings. The highest BCUT2D eigenvalue weighted by Crippen LogP contribution is 2.36. The largest absolute Gasteiger partial charge is 0.573 e. The van der Waals surface area contributed by atoms with Gasteiger partial charge in [0.2, 0.25) is 0 Å². The Labute approximate surface area is 125 Å². The maximum absolute atomic E-state index is 12.0. The third-order valence-corrected chi connectivity index (χ3v) is 4.54. The Balaban J connectivity index is 2.19. The van der Waals surface area contributed by atoms with Gasteiger partial charge in [0.1, 0.15) is 11.9 Å². The molecule has 0 radical (unpaired) electrons. The number of aryl methyl sites for hydroxylation is 1. The zero-order valence-electron chi connectivity index (χ0n) is 10.2. The summed E-state index contributed by atoms with van der Waals surface area (Å²) >= 11 is 4.77. The van der Waals surface area contributed by atoms with E-state index in [1.54, 1.807) is 0 Å². The van der Waals surface area contributed by atoms with Gasteiger partial charge in [-0.05, 0) is 46.6 Å². The Morgan fingerprint density at radius 1 is 1.25 bits per heavy atom. The lowest BCUT2D eigenvalue weighted by atomic mass is 10.1. The molecule has 2 nitrogen and oxygen atoms in total. The number of benzene rings is 1. The minimum absolute atomic E-state index is 0.310. The Hall–Kier alpha value is -1.05. The van der Waals surface area contributed by atoms with E-state index in [2.05, 4.69) is 20.7 Å². The fourth-order valence-corrected chi connectivity index (χ4v) is 3.57. The molecule has 1 heterocycles. The molecule has 20 heavy (non-hydrogen) atoms. The van der Waals surface area contributed by atoms with Gasteiger partial charge in [-0.3, -0.25) is 0 Å². The van der Waals surface area contributed by atoms with E-state index in [1.165, 1.54) is 35.6 Å². The molecule has 1 N–H and O–H groups in total. The number of thiophene rings is 1. The van der Waals surface area contributed by atoms with Crippen LogP contribution in [0, 0.1) is 6.92 Å². The Morgan fingerprint density at radius 3 is 2.30 bits per heavy atom. The number of aliphatic hydroxyl groups excluding tert-OH is 1. The quantitative estimate of drug-likeness (QED) is 0.845. The molecule has 0 spiro atoms. The van der Waals surface area contributed by atoms with Crippen molar-refractivity contribution in [3.05, 3.63) is 50.1 Å². The van der Waals surface area contributed by atoms with Crippen LogP contribution >= 0.6 is 27.3 Å². The minimum Gasteiger partial charge on any atom is -0.406 e. The molecular weight excluding hydrogens is 357 g/mol. The van der Waals surface area contributed by atoms with Crippen LogP contribution in [0.1, 0.15) is 21.4 Å². The van der Waals surface area contributed by atoms with Gasteiger partial charge < -0.3 is 9.84 Å². The van der Waals surface area contributed by atoms with Crippen molar-refractivity contribution in [3.63, 3.8) is 0 Å². The summed E-state index contributed by atoms with van der Waals surface area (Å²) in [6, 6.07) is 7.06. The molecule has 1 aromatic heterocycles. The van der Waals surface area contributed by atoms with E-state index in [1.807, 2.05) is 13.0 Å². The molecule has 0 saturated heterocycles. The summed E-state index contributed by atoms with van der Waals surface area (Å²) in [4.78, 5) is 1.75. The molecule has 0 aliphatic heterocycles. The Morgan fingerprint density at radius 2 is 1.85 bits per heavy atom. The predicted molar refractivity (Wildman–Crippen MR) is 73.9 cm³/mol. The second-order valence-corrected chi connectivity index (χ2v) is 6.23. The average Bonchev–Trinajstić information content (AvgIpc) is 2.66. The maximum Gasteiger partial charge on any atom is 0.573 e. The molecule has 0 bridgehead atoms. The molecule has 1 atom stereocenters. The van der Waals surface area contributed by atoms with E-state index in [4.69, 9.17) is 0 Å². The van der Waals surface area contributed by atoms with E-state index in [0.29, 0.717) is 10.4 Å². The van der Waals surface area contributed by atoms with Crippen LogP contribution in [0.5, 0.6) is 5.75 Å². The lowest BCUT2D eigenvalue weighted by molar-refractivity contribution is -0.274. The van der Waals surface area contributed by atoms with E-state index in [9.17, 15) is 18.3 Å². The zero-order valence-corrected chi connectivity index (χ0v) is 12.6. The summed E-state index contributed by atoms with van der Waals surface area (Å²) in [6.07, 6.45) is -5.60. The second kappa shape index (κ2) is 5.75. The third kappa shape index (κ3) is 3.74. The summed E-state index contributed by atoms with van der Waals surface area (Å²) in [5, 5.41) is 10.2. The molecule has 0 amide bonds. The number of aliphatic hydroxyl groups is 1. The highest BCUT2D eigenvalue weighted by Gasteiger charge is 2.31. The summed E-state index contributed by atoms with van der Waals surface area (Å²) < 4.78 is 40.7. The zero-order chi connectivity index (χ0) is 14.9. The first-order valence-electron chi connectivity index (χ1n) is 5.56. The number of alkyl halides is 3. The van der Waals surface area contributed by atoms with Gasteiger partial charge in [0.15, 0.2) is 0 Å². The van der Waals surface area contributed by atoms with Gasteiger partial charge in [0, 0.05) is 9.35 Å². The fraction of sp³-hybridized carbons (Fsp3) is 0.231. The van der Waals surface area contributed by atoms with Crippen LogP contribution in [0.4, 0.5) is 13.2 Å². The van der Waals surface area contributed by atoms with Crippen molar-refractivity contribution in [3.8, 4) is 5.75 Å². The molecule has 7 heteroatoms. The fourth-order valence-electron chi connectivity index (χ4n) is 1.69. The van der Waals surface area contributed by atoms with Gasteiger partial charge >= 0.3 is 6.36 Å². The summed E-state index contributed by atoms with van der Waals surface area (Å²) in [5.74, 6) is -0.310. The SMILES string of the molecule is Cc1cc(Br)c(C(O)c2ccc(OC(F)(F)F)cc2)s1. The van der Waals surface area contributed by atoms with Crippen LogP contribution in [0.15, 0.2) is 34.8 Å². The summed E-state index contributed by atoms with van der Waals surface area (Å²) in [6.45, 7) is 1.91. The lowest BCUT2D eigenvalue weighted by Crippen LogP contribution is -2.17. The van der Waals surface area contributed by atoms with Crippen LogP contribution in [0.2, 0.25) is 0 Å². The van der Waals surface area contributed by atoms with Crippen LogP contribution in [0.3, 0.4) is 0 Å². The van der Waals surface area contributed by atoms with Crippen LogP contribution in [0.25, 0.3) is 0 Å². The van der Waals surface area contributed by atoms with Gasteiger partial charge in [0.25, 0.3) is 0 Å². The molecule has 1 aromatic carbocycles. The number of ether oxygens (including phenoxy) is 1. The monoisotopic (exact) mass is 366 g/mol. The normalized spacial score (nSPS) is 13.3. The van der Waals surface area contributed by atoms with Crippen LogP contribution in [-0.4, -0.2) is 11.5 Å². The van der Waals surface area contributed by atoms with Crippen molar-refractivity contribution in [1.29, 1.82) is 0 Å². The first kappa shape index (κ1) is 15.3. The second-order valence-electron chi connectivity index (χ2n) is 4.09. The molecule has 2 aromatic rings. The Bertz CT molecular complexity index is 593. The standard InChI is InChI=1S/C13H10BrF3O2S/c1-7-6-10(14)12(20-7)11(18)8-2-4-9(5-3-8)19-13(15,16)17/h2-6,11,18H,1H3. The molecule has 2 rings (SSSR count). The number of halogens is 4. The molecule has 0 aliphatic rings. The smallest absolute Gasteiger partial charge is 0.406 e. The minimum atomic E-state index is -4.71. The highest BCUT2D eigenvalue weighted by atomic mass is 79.9. The van der Waals surface area contributed by atoms with E-state index < -0.39 is 12.5 Å². The van der Waals surface area contributed by atoms with Crippen molar-refractivity contribution in [2.75, 3.05) is 0 Å². The highest BCUT2D eigenvalue weighted by molar-refractivity contribution is 9.10. The van der Waals surface area contributed by atoms with E-state index >= 15 is 0 Å². The number of hydrogen-bond donors (Lipinski definition) is 1. The molecule has 108 valence electrons.